The lowest BCUT2D eigenvalue weighted by Crippen LogP contribution is -2.64. The van der Waals surface area contributed by atoms with Gasteiger partial charge in [-0.1, -0.05) is 31.4 Å². The van der Waals surface area contributed by atoms with E-state index in [1.807, 2.05) is 6.07 Å². The Balaban J connectivity index is 1.76. The highest BCUT2D eigenvalue weighted by atomic mass is 16.5. The molecule has 2 heterocycles. The molecule has 1 saturated carbocycles. The third-order valence-corrected chi connectivity index (χ3v) is 6.98. The maximum atomic E-state index is 13.9. The molecule has 0 unspecified atom stereocenters. The van der Waals surface area contributed by atoms with Crippen LogP contribution in [0.1, 0.15) is 65.6 Å². The molecule has 35 heavy (non-hydrogen) atoms. The summed E-state index contributed by atoms with van der Waals surface area (Å²) in [4.78, 5) is 45.6. The Morgan fingerprint density at radius 2 is 1.89 bits per heavy atom. The first-order valence-electron chi connectivity index (χ1n) is 11.8. The van der Waals surface area contributed by atoms with Crippen molar-refractivity contribution in [1.82, 2.24) is 19.8 Å². The Bertz CT molecular complexity index is 1120. The van der Waals surface area contributed by atoms with E-state index < -0.39 is 17.4 Å². The number of nitrogens with zero attached hydrogens (tertiary/aromatic N) is 3. The molecule has 1 aromatic heterocycles. The first-order valence-corrected chi connectivity index (χ1v) is 11.8. The van der Waals surface area contributed by atoms with Crippen LogP contribution in [0.2, 0.25) is 0 Å². The number of methoxy groups -OCH3 is 3. The van der Waals surface area contributed by atoms with Gasteiger partial charge >= 0.3 is 5.97 Å². The number of hydrogen-bond acceptors (Lipinski definition) is 7. The third-order valence-electron chi connectivity index (χ3n) is 6.98. The summed E-state index contributed by atoms with van der Waals surface area (Å²) in [5.74, 6) is -0.437. The molecule has 1 N–H and O–H groups in total. The largest absolute Gasteiger partial charge is 0.493 e. The summed E-state index contributed by atoms with van der Waals surface area (Å²) in [6.07, 6.45) is 6.55. The average Bonchev–Trinajstić information content (AvgIpc) is 3.29. The van der Waals surface area contributed by atoms with Crippen molar-refractivity contribution in [2.24, 2.45) is 0 Å². The van der Waals surface area contributed by atoms with Crippen molar-refractivity contribution in [1.29, 1.82) is 0 Å². The van der Waals surface area contributed by atoms with Crippen molar-refractivity contribution in [3.05, 3.63) is 41.5 Å². The molecular formula is C25H32N4O6. The highest BCUT2D eigenvalue weighted by Gasteiger charge is 2.49. The maximum Gasteiger partial charge on any atom is 0.359 e. The minimum absolute atomic E-state index is 0.0690. The molecule has 188 valence electrons. The van der Waals surface area contributed by atoms with Crippen LogP contribution in [0.15, 0.2) is 24.5 Å². The number of nitrogens with one attached hydrogen (secondary N) is 1. The smallest absolute Gasteiger partial charge is 0.359 e. The van der Waals surface area contributed by atoms with E-state index in [2.05, 4.69) is 10.3 Å². The van der Waals surface area contributed by atoms with Crippen LogP contribution in [-0.4, -0.2) is 65.1 Å². The molecule has 2 aromatic rings. The lowest BCUT2D eigenvalue weighted by Gasteiger charge is -2.44. The predicted octanol–water partition coefficient (Wildman–Crippen LogP) is 2.55. The zero-order valence-corrected chi connectivity index (χ0v) is 20.6. The van der Waals surface area contributed by atoms with Gasteiger partial charge in [0.25, 0.3) is 5.91 Å². The van der Waals surface area contributed by atoms with Gasteiger partial charge in [-0.3, -0.25) is 9.59 Å². The summed E-state index contributed by atoms with van der Waals surface area (Å²) in [7, 11) is 4.30. The Morgan fingerprint density at radius 3 is 2.54 bits per heavy atom. The van der Waals surface area contributed by atoms with E-state index in [-0.39, 0.29) is 36.4 Å². The quantitative estimate of drug-likeness (QED) is 0.601. The molecular weight excluding hydrogens is 452 g/mol. The van der Waals surface area contributed by atoms with Crippen molar-refractivity contribution in [3.8, 4) is 11.5 Å². The molecule has 1 fully saturated rings. The highest BCUT2D eigenvalue weighted by Crippen LogP contribution is 2.36. The highest BCUT2D eigenvalue weighted by molar-refractivity contribution is 6.06. The molecule has 0 bridgehead atoms. The Hall–Kier alpha value is -3.56. The van der Waals surface area contributed by atoms with E-state index >= 15 is 0 Å². The summed E-state index contributed by atoms with van der Waals surface area (Å²) >= 11 is 0. The first kappa shape index (κ1) is 24.6. The van der Waals surface area contributed by atoms with Crippen LogP contribution in [0.3, 0.4) is 0 Å². The van der Waals surface area contributed by atoms with Gasteiger partial charge in [-0.2, -0.15) is 0 Å². The second-order valence-electron chi connectivity index (χ2n) is 9.19. The minimum Gasteiger partial charge on any atom is -0.493 e. The molecule has 1 aromatic carbocycles. The molecule has 0 spiro atoms. The van der Waals surface area contributed by atoms with Crippen LogP contribution < -0.4 is 14.8 Å². The minimum atomic E-state index is -1.23. The lowest BCUT2D eigenvalue weighted by atomic mass is 9.90. The summed E-state index contributed by atoms with van der Waals surface area (Å²) in [5, 5.41) is 3.17. The number of ether oxygens (including phenoxy) is 3. The molecule has 4 rings (SSSR count). The second-order valence-corrected chi connectivity index (χ2v) is 9.19. The number of hydrogen-bond donors (Lipinski definition) is 1. The molecule has 1 atom stereocenters. The molecule has 10 nitrogen and oxygen atoms in total. The maximum absolute atomic E-state index is 13.9. The van der Waals surface area contributed by atoms with Crippen molar-refractivity contribution in [2.45, 2.75) is 63.7 Å². The van der Waals surface area contributed by atoms with Gasteiger partial charge in [-0.15, -0.1) is 0 Å². The molecule has 2 amide bonds. The number of aromatic nitrogens is 2. The number of imidazole rings is 1. The topological polar surface area (TPSA) is 112 Å². The Kier molecular flexibility index (Phi) is 7.00. The number of benzene rings is 1. The fraction of sp³-hybridized carbons (Fsp3) is 0.520. The van der Waals surface area contributed by atoms with Crippen LogP contribution in [0.5, 0.6) is 11.5 Å². The van der Waals surface area contributed by atoms with E-state index in [1.54, 1.807) is 23.6 Å². The van der Waals surface area contributed by atoms with Crippen molar-refractivity contribution >= 4 is 17.8 Å². The summed E-state index contributed by atoms with van der Waals surface area (Å²) in [6, 6.07) is 5.46. The van der Waals surface area contributed by atoms with Crippen LogP contribution in [0.4, 0.5) is 0 Å². The van der Waals surface area contributed by atoms with E-state index in [1.165, 1.54) is 39.0 Å². The van der Waals surface area contributed by atoms with E-state index in [0.717, 1.165) is 25.7 Å². The Labute approximate surface area is 204 Å². The van der Waals surface area contributed by atoms with Crippen LogP contribution in [0, 0.1) is 0 Å². The number of carbonyl (C=O) groups excluding carboxylic acids is 3. The molecule has 0 saturated heterocycles. The number of fused-ring (bicyclic) bond motifs is 1. The first-order chi connectivity index (χ1) is 16.8. The van der Waals surface area contributed by atoms with Crippen molar-refractivity contribution < 1.29 is 28.6 Å². The molecule has 2 aliphatic rings. The standard InChI is InChI=1S/C25H32N4O6/c1-25(24(32)27-17-10-6-5-7-11-17)14-28-15-26-19(23(31)35-4)20(28)22(30)29(25)13-16-9-8-12-18(33-2)21(16)34-3/h8-9,12,15,17H,5-7,10-11,13-14H2,1-4H3,(H,27,32)/t25-/m0/s1. The number of carbonyl (C=O) groups is 3. The van der Waals surface area contributed by atoms with E-state index in [9.17, 15) is 14.4 Å². The fourth-order valence-corrected chi connectivity index (χ4v) is 5.02. The number of amides is 2. The van der Waals surface area contributed by atoms with Crippen LogP contribution in [0.25, 0.3) is 0 Å². The number of esters is 1. The van der Waals surface area contributed by atoms with Gasteiger partial charge in [0.15, 0.2) is 17.2 Å². The summed E-state index contributed by atoms with van der Waals surface area (Å²) < 4.78 is 17.4. The molecule has 10 heteroatoms. The van der Waals surface area contributed by atoms with Gasteiger partial charge < -0.3 is 29.0 Å². The lowest BCUT2D eigenvalue weighted by molar-refractivity contribution is -0.134. The second kappa shape index (κ2) is 9.97. The fourth-order valence-electron chi connectivity index (χ4n) is 5.02. The third kappa shape index (κ3) is 4.44. The van der Waals surface area contributed by atoms with Gasteiger partial charge in [0.2, 0.25) is 5.91 Å². The normalized spacial score (nSPS) is 20.2. The number of para-hydroxylation sites is 1. The van der Waals surface area contributed by atoms with Gasteiger partial charge in [0.05, 0.1) is 40.7 Å². The monoisotopic (exact) mass is 484 g/mol. The molecule has 1 aliphatic carbocycles. The van der Waals surface area contributed by atoms with E-state index in [4.69, 9.17) is 14.2 Å². The number of rotatable bonds is 7. The van der Waals surface area contributed by atoms with Gasteiger partial charge in [0, 0.05) is 11.6 Å². The zero-order chi connectivity index (χ0) is 25.2. The van der Waals surface area contributed by atoms with Crippen molar-refractivity contribution in [2.75, 3.05) is 21.3 Å². The van der Waals surface area contributed by atoms with Gasteiger partial charge in [0.1, 0.15) is 11.2 Å². The predicted molar refractivity (Wildman–Crippen MR) is 126 cm³/mol. The average molecular weight is 485 g/mol. The van der Waals surface area contributed by atoms with Crippen LogP contribution in [-0.2, 0) is 22.6 Å². The van der Waals surface area contributed by atoms with E-state index in [0.29, 0.717) is 17.1 Å². The molecule has 0 radical (unpaired) electrons. The van der Waals surface area contributed by atoms with Crippen molar-refractivity contribution in [3.63, 3.8) is 0 Å². The zero-order valence-electron chi connectivity index (χ0n) is 20.6. The van der Waals surface area contributed by atoms with Gasteiger partial charge in [-0.05, 0) is 25.8 Å². The summed E-state index contributed by atoms with van der Waals surface area (Å²) in [5.41, 5.74) is -0.537. The van der Waals surface area contributed by atoms with Crippen LogP contribution >= 0.6 is 0 Å². The Morgan fingerprint density at radius 1 is 1.14 bits per heavy atom. The SMILES string of the molecule is COC(=O)c1ncn2c1C(=O)N(Cc1cccc(OC)c1OC)[C@](C)(C(=O)NC1CCCCC1)C2. The molecule has 1 aliphatic heterocycles. The van der Waals surface area contributed by atoms with Gasteiger partial charge in [-0.25, -0.2) is 9.78 Å². The summed E-state index contributed by atoms with van der Waals surface area (Å²) in [6.45, 7) is 1.96.